The molecule has 0 spiro atoms. The van der Waals surface area contributed by atoms with Crippen LogP contribution < -0.4 is 5.32 Å². The Morgan fingerprint density at radius 3 is 2.56 bits per heavy atom. The van der Waals surface area contributed by atoms with E-state index in [9.17, 15) is 18.0 Å². The summed E-state index contributed by atoms with van der Waals surface area (Å²) in [5, 5.41) is 1.99. The minimum atomic E-state index is -4.59. The number of amides is 1. The molecule has 0 aliphatic rings. The van der Waals surface area contributed by atoms with Gasteiger partial charge < -0.3 is 5.32 Å². The van der Waals surface area contributed by atoms with Gasteiger partial charge in [-0.1, -0.05) is 24.6 Å². The topological polar surface area (TPSA) is 29.1 Å². The molecule has 1 rings (SSSR count). The first-order valence-electron chi connectivity index (χ1n) is 5.00. The second kappa shape index (κ2) is 5.80. The number of halogens is 5. The summed E-state index contributed by atoms with van der Waals surface area (Å²) in [4.78, 5) is 11.6. The van der Waals surface area contributed by atoms with Crippen LogP contribution in [-0.4, -0.2) is 11.8 Å². The van der Waals surface area contributed by atoms with Gasteiger partial charge in [0.25, 0.3) is 0 Å². The molecule has 100 valence electrons. The van der Waals surface area contributed by atoms with Gasteiger partial charge in [0, 0.05) is 11.8 Å². The van der Waals surface area contributed by atoms with E-state index in [1.54, 1.807) is 0 Å². The van der Waals surface area contributed by atoms with Crippen LogP contribution in [0.2, 0.25) is 5.02 Å². The summed E-state index contributed by atoms with van der Waals surface area (Å²) < 4.78 is 38.2. The minimum absolute atomic E-state index is 0.0115. The zero-order chi connectivity index (χ0) is 13.9. The number of nitrogens with one attached hydrogen (secondary N) is 1. The molecule has 0 aromatic heterocycles. The van der Waals surface area contributed by atoms with E-state index < -0.39 is 29.3 Å². The third-order valence-corrected chi connectivity index (χ3v) is 3.02. The first kappa shape index (κ1) is 15.1. The number of alkyl halides is 4. The van der Waals surface area contributed by atoms with E-state index in [-0.39, 0.29) is 10.9 Å². The van der Waals surface area contributed by atoms with Gasteiger partial charge in [0.2, 0.25) is 5.91 Å². The number of anilines is 1. The van der Waals surface area contributed by atoms with Gasteiger partial charge in [0.1, 0.15) is 0 Å². The molecule has 7 heteroatoms. The summed E-state index contributed by atoms with van der Waals surface area (Å²) in [6.45, 7) is 1.51. The molecule has 0 saturated carbocycles. The van der Waals surface area contributed by atoms with Crippen molar-refractivity contribution in [2.24, 2.45) is 5.92 Å². The Labute approximate surface area is 112 Å². The predicted molar refractivity (Wildman–Crippen MR) is 65.0 cm³/mol. The second-order valence-corrected chi connectivity index (χ2v) is 4.42. The summed E-state index contributed by atoms with van der Waals surface area (Å²) in [7, 11) is 0. The van der Waals surface area contributed by atoms with Crippen molar-refractivity contribution in [2.75, 3.05) is 11.2 Å². The van der Waals surface area contributed by atoms with Gasteiger partial charge in [-0.05, 0) is 12.1 Å². The standard InChI is InChI=1S/C11H10Cl2F3NO/c1-6(5-12)10(18)17-9-7(11(14,15)16)3-2-4-8(9)13/h2-4,6H,5H2,1H3,(H,17,18). The average Bonchev–Trinajstić information content (AvgIpc) is 2.29. The van der Waals surface area contributed by atoms with Crippen LogP contribution in [0, 0.1) is 5.92 Å². The van der Waals surface area contributed by atoms with E-state index in [1.165, 1.54) is 19.1 Å². The molecule has 0 radical (unpaired) electrons. The highest BCUT2D eigenvalue weighted by atomic mass is 35.5. The van der Waals surface area contributed by atoms with Crippen LogP contribution in [0.3, 0.4) is 0 Å². The fourth-order valence-electron chi connectivity index (χ4n) is 1.20. The molecule has 1 atom stereocenters. The van der Waals surface area contributed by atoms with Crippen LogP contribution in [0.1, 0.15) is 12.5 Å². The molecule has 1 amide bonds. The fraction of sp³-hybridized carbons (Fsp3) is 0.364. The third kappa shape index (κ3) is 3.53. The fourth-order valence-corrected chi connectivity index (χ4v) is 1.57. The molecule has 0 aliphatic carbocycles. The highest BCUT2D eigenvalue weighted by Gasteiger charge is 2.35. The first-order valence-corrected chi connectivity index (χ1v) is 5.91. The lowest BCUT2D eigenvalue weighted by atomic mass is 10.1. The Hall–Kier alpha value is -0.940. The Balaban J connectivity index is 3.12. The number of hydrogen-bond donors (Lipinski definition) is 1. The van der Waals surface area contributed by atoms with E-state index in [4.69, 9.17) is 23.2 Å². The van der Waals surface area contributed by atoms with Crippen molar-refractivity contribution in [3.63, 3.8) is 0 Å². The van der Waals surface area contributed by atoms with Crippen LogP contribution in [0.4, 0.5) is 18.9 Å². The Kier molecular flexibility index (Phi) is 4.87. The van der Waals surface area contributed by atoms with Gasteiger partial charge in [-0.15, -0.1) is 11.6 Å². The van der Waals surface area contributed by atoms with E-state index in [2.05, 4.69) is 5.32 Å². The van der Waals surface area contributed by atoms with Crippen molar-refractivity contribution in [1.82, 2.24) is 0 Å². The molecule has 0 saturated heterocycles. The molecule has 1 N–H and O–H groups in total. The Morgan fingerprint density at radius 2 is 2.06 bits per heavy atom. The zero-order valence-electron chi connectivity index (χ0n) is 9.31. The number of rotatable bonds is 3. The third-order valence-electron chi connectivity index (χ3n) is 2.25. The molecule has 0 heterocycles. The molecular weight excluding hydrogens is 290 g/mol. The van der Waals surface area contributed by atoms with Crippen molar-refractivity contribution in [3.8, 4) is 0 Å². The lowest BCUT2D eigenvalue weighted by Crippen LogP contribution is -2.23. The summed E-state index contributed by atoms with van der Waals surface area (Å²) in [6, 6.07) is 3.30. The molecule has 0 fully saturated rings. The largest absolute Gasteiger partial charge is 0.418 e. The molecule has 1 aromatic carbocycles. The maximum absolute atomic E-state index is 12.7. The van der Waals surface area contributed by atoms with Crippen LogP contribution in [0.15, 0.2) is 18.2 Å². The molecule has 1 aromatic rings. The maximum atomic E-state index is 12.7. The van der Waals surface area contributed by atoms with Gasteiger partial charge in [-0.2, -0.15) is 13.2 Å². The molecule has 2 nitrogen and oxygen atoms in total. The number of benzene rings is 1. The van der Waals surface area contributed by atoms with E-state index >= 15 is 0 Å². The maximum Gasteiger partial charge on any atom is 0.418 e. The van der Waals surface area contributed by atoms with E-state index in [0.717, 1.165) is 6.07 Å². The lowest BCUT2D eigenvalue weighted by Gasteiger charge is -2.16. The van der Waals surface area contributed by atoms with Gasteiger partial charge in [0.15, 0.2) is 0 Å². The summed E-state index contributed by atoms with van der Waals surface area (Å²) >= 11 is 11.1. The van der Waals surface area contributed by atoms with Gasteiger partial charge in [-0.3, -0.25) is 4.79 Å². The number of carbonyl (C=O) groups is 1. The lowest BCUT2D eigenvalue weighted by molar-refractivity contribution is -0.137. The van der Waals surface area contributed by atoms with Gasteiger partial charge >= 0.3 is 6.18 Å². The van der Waals surface area contributed by atoms with Crippen LogP contribution in [0.25, 0.3) is 0 Å². The Bertz CT molecular complexity index is 448. The highest BCUT2D eigenvalue weighted by molar-refractivity contribution is 6.34. The molecule has 18 heavy (non-hydrogen) atoms. The average molecular weight is 300 g/mol. The number of para-hydroxylation sites is 1. The van der Waals surface area contributed by atoms with Gasteiger partial charge in [-0.25, -0.2) is 0 Å². The van der Waals surface area contributed by atoms with E-state index in [1.807, 2.05) is 0 Å². The van der Waals surface area contributed by atoms with Crippen molar-refractivity contribution in [3.05, 3.63) is 28.8 Å². The summed E-state index contributed by atoms with van der Waals surface area (Å²) in [5.74, 6) is -1.20. The highest BCUT2D eigenvalue weighted by Crippen LogP contribution is 2.38. The van der Waals surface area contributed by atoms with Crippen LogP contribution in [-0.2, 0) is 11.0 Å². The minimum Gasteiger partial charge on any atom is -0.324 e. The van der Waals surface area contributed by atoms with Crippen LogP contribution in [0.5, 0.6) is 0 Å². The van der Waals surface area contributed by atoms with Crippen molar-refractivity contribution < 1.29 is 18.0 Å². The number of hydrogen-bond acceptors (Lipinski definition) is 1. The molecule has 0 bridgehead atoms. The SMILES string of the molecule is CC(CCl)C(=O)Nc1c(Cl)cccc1C(F)(F)F. The van der Waals surface area contributed by atoms with E-state index in [0.29, 0.717) is 0 Å². The zero-order valence-corrected chi connectivity index (χ0v) is 10.8. The summed E-state index contributed by atoms with van der Waals surface area (Å²) in [5.41, 5.74) is -1.42. The van der Waals surface area contributed by atoms with Crippen LogP contribution >= 0.6 is 23.2 Å². The van der Waals surface area contributed by atoms with Crippen molar-refractivity contribution in [1.29, 1.82) is 0 Å². The summed E-state index contributed by atoms with van der Waals surface area (Å²) in [6.07, 6.45) is -4.59. The Morgan fingerprint density at radius 1 is 1.44 bits per heavy atom. The molecule has 0 aliphatic heterocycles. The first-order chi connectivity index (χ1) is 8.27. The van der Waals surface area contributed by atoms with Crippen molar-refractivity contribution >= 4 is 34.8 Å². The smallest absolute Gasteiger partial charge is 0.324 e. The predicted octanol–water partition coefficient (Wildman–Crippen LogP) is 4.17. The monoisotopic (exact) mass is 299 g/mol. The second-order valence-electron chi connectivity index (χ2n) is 3.70. The normalized spacial score (nSPS) is 13.2. The molecular formula is C11H10Cl2F3NO. The molecule has 1 unspecified atom stereocenters. The van der Waals surface area contributed by atoms with Crippen molar-refractivity contribution in [2.45, 2.75) is 13.1 Å². The number of carbonyl (C=O) groups excluding carboxylic acids is 1. The van der Waals surface area contributed by atoms with Gasteiger partial charge in [0.05, 0.1) is 16.3 Å². The quantitative estimate of drug-likeness (QED) is 0.834.